The monoisotopic (exact) mass is 510 g/mol. The Morgan fingerprint density at radius 3 is 2.42 bits per heavy atom. The first-order chi connectivity index (χ1) is 17.0. The highest BCUT2D eigenvalue weighted by molar-refractivity contribution is 5.69. The number of anilines is 2. The second kappa shape index (κ2) is 10.4. The van der Waals surface area contributed by atoms with Crippen LogP contribution in [0, 0.1) is 17.7 Å². The summed E-state index contributed by atoms with van der Waals surface area (Å²) in [6.07, 6.45) is -4.40. The summed E-state index contributed by atoms with van der Waals surface area (Å²) in [7, 11) is 1.54. The number of ether oxygens (including phenoxy) is 2. The van der Waals surface area contributed by atoms with E-state index < -0.39 is 24.1 Å². The average molecular weight is 511 g/mol. The van der Waals surface area contributed by atoms with Gasteiger partial charge in [-0.1, -0.05) is 6.92 Å². The third-order valence-electron chi connectivity index (χ3n) is 7.06. The Morgan fingerprint density at radius 2 is 1.81 bits per heavy atom. The van der Waals surface area contributed by atoms with Gasteiger partial charge in [-0.15, -0.1) is 0 Å². The van der Waals surface area contributed by atoms with Crippen LogP contribution in [0.15, 0.2) is 42.5 Å². The van der Waals surface area contributed by atoms with Gasteiger partial charge in [-0.05, 0) is 42.8 Å². The van der Waals surface area contributed by atoms with Crippen molar-refractivity contribution in [1.82, 2.24) is 0 Å². The van der Waals surface area contributed by atoms with Crippen molar-refractivity contribution in [3.05, 3.63) is 48.3 Å². The number of hydrogen-bond acceptors (Lipinski definition) is 5. The zero-order valence-electron chi connectivity index (χ0n) is 20.2. The largest absolute Gasteiger partial charge is 0.497 e. The summed E-state index contributed by atoms with van der Waals surface area (Å²) < 4.78 is 65.7. The number of carboxylic acids is 1. The first-order valence-electron chi connectivity index (χ1n) is 12.0. The van der Waals surface area contributed by atoms with Crippen molar-refractivity contribution in [2.45, 2.75) is 44.5 Å². The Balaban J connectivity index is 1.40. The summed E-state index contributed by atoms with van der Waals surface area (Å²) in [5.41, 5.74) is 1.03. The number of hydrogen-bond donors (Lipinski definition) is 1. The van der Waals surface area contributed by atoms with Crippen LogP contribution in [0.3, 0.4) is 0 Å². The van der Waals surface area contributed by atoms with Crippen LogP contribution < -0.4 is 19.3 Å². The van der Waals surface area contributed by atoms with Gasteiger partial charge in [0.1, 0.15) is 23.4 Å². The number of piperidine rings is 1. The third kappa shape index (κ3) is 5.79. The maximum Gasteiger partial charge on any atom is 0.393 e. The Bertz CT molecular complexity index is 1060. The van der Waals surface area contributed by atoms with Crippen molar-refractivity contribution in [3.8, 4) is 11.5 Å². The number of rotatable bonds is 7. The molecule has 0 unspecified atom stereocenters. The molecule has 0 saturated carbocycles. The molecule has 2 fully saturated rings. The van der Waals surface area contributed by atoms with Crippen LogP contribution in [0.1, 0.15) is 26.2 Å². The van der Waals surface area contributed by atoms with E-state index in [0.29, 0.717) is 42.4 Å². The quantitative estimate of drug-likeness (QED) is 0.506. The van der Waals surface area contributed by atoms with Gasteiger partial charge >= 0.3 is 12.1 Å². The number of benzene rings is 2. The van der Waals surface area contributed by atoms with Crippen LogP contribution in [-0.2, 0) is 4.79 Å². The van der Waals surface area contributed by atoms with Crippen LogP contribution in [0.5, 0.6) is 11.5 Å². The van der Waals surface area contributed by atoms with Crippen molar-refractivity contribution in [2.24, 2.45) is 11.8 Å². The van der Waals surface area contributed by atoms with Crippen molar-refractivity contribution in [2.75, 3.05) is 36.5 Å². The van der Waals surface area contributed by atoms with E-state index in [1.807, 2.05) is 11.8 Å². The summed E-state index contributed by atoms with van der Waals surface area (Å²) in [6.45, 7) is 2.95. The minimum absolute atomic E-state index is 0.0927. The SMILES string of the molecule is COc1ccc(F)c(N2CC[C@@H](Oc3ccc(N4C[C@H](C(F)(F)F)C[C@@H]4CC(=O)O)cc3)[C@@H](C)C2)c1. The molecule has 6 nitrogen and oxygen atoms in total. The molecule has 2 heterocycles. The lowest BCUT2D eigenvalue weighted by Gasteiger charge is -2.38. The van der Waals surface area contributed by atoms with Gasteiger partial charge in [0.25, 0.3) is 0 Å². The molecule has 0 aliphatic carbocycles. The fourth-order valence-corrected chi connectivity index (χ4v) is 5.14. The topological polar surface area (TPSA) is 62.2 Å². The van der Waals surface area contributed by atoms with Crippen molar-refractivity contribution < 1.29 is 36.9 Å². The van der Waals surface area contributed by atoms with E-state index in [-0.39, 0.29) is 37.2 Å². The molecule has 36 heavy (non-hydrogen) atoms. The van der Waals surface area contributed by atoms with Gasteiger partial charge in [-0.2, -0.15) is 13.2 Å². The summed E-state index contributed by atoms with van der Waals surface area (Å²) in [5.74, 6) is -1.73. The highest BCUT2D eigenvalue weighted by atomic mass is 19.4. The molecule has 10 heteroatoms. The molecule has 2 saturated heterocycles. The van der Waals surface area contributed by atoms with Gasteiger partial charge in [0.05, 0.1) is 25.1 Å². The molecule has 4 rings (SSSR count). The highest BCUT2D eigenvalue weighted by Crippen LogP contribution is 2.40. The van der Waals surface area contributed by atoms with Crippen LogP contribution in [0.25, 0.3) is 0 Å². The molecular formula is C26H30F4N2O4. The van der Waals surface area contributed by atoms with E-state index in [4.69, 9.17) is 14.6 Å². The number of halogens is 4. The Labute approximate surface area is 207 Å². The smallest absolute Gasteiger partial charge is 0.393 e. The fourth-order valence-electron chi connectivity index (χ4n) is 5.14. The summed E-state index contributed by atoms with van der Waals surface area (Å²) in [4.78, 5) is 14.7. The second-order valence-electron chi connectivity index (χ2n) is 9.56. The molecule has 2 aromatic carbocycles. The van der Waals surface area contributed by atoms with Gasteiger partial charge < -0.3 is 24.4 Å². The summed E-state index contributed by atoms with van der Waals surface area (Å²) in [5, 5.41) is 9.15. The molecular weight excluding hydrogens is 480 g/mol. The minimum atomic E-state index is -4.37. The van der Waals surface area contributed by atoms with Crippen LogP contribution in [0.4, 0.5) is 28.9 Å². The first kappa shape index (κ1) is 25.9. The average Bonchev–Trinajstić information content (AvgIpc) is 3.25. The van der Waals surface area contributed by atoms with E-state index in [1.165, 1.54) is 18.1 Å². The number of nitrogens with zero attached hydrogens (tertiary/aromatic N) is 2. The van der Waals surface area contributed by atoms with E-state index in [1.54, 1.807) is 36.4 Å². The van der Waals surface area contributed by atoms with E-state index in [9.17, 15) is 22.4 Å². The van der Waals surface area contributed by atoms with E-state index >= 15 is 0 Å². The van der Waals surface area contributed by atoms with Crippen molar-refractivity contribution in [1.29, 1.82) is 0 Å². The predicted molar refractivity (Wildman–Crippen MR) is 127 cm³/mol. The molecule has 2 aliphatic heterocycles. The summed E-state index contributed by atoms with van der Waals surface area (Å²) >= 11 is 0. The van der Waals surface area contributed by atoms with Gasteiger partial charge in [0.15, 0.2) is 0 Å². The fraction of sp³-hybridized carbons (Fsp3) is 0.500. The standard InChI is InChI=1S/C26H30F4N2O4/c1-16-14-31(23-13-21(35-2)7-8-22(23)27)10-9-24(16)36-20-5-3-18(4-6-20)32-15-17(26(28,29)30)11-19(32)12-25(33)34/h3-8,13,16-17,19,24H,9-12,14-15H2,1-2H3,(H,33,34)/t16-,17+,19+,24+/m0/s1. The van der Waals surface area contributed by atoms with Crippen LogP contribution in [-0.4, -0.2) is 56.1 Å². The number of methoxy groups -OCH3 is 1. The maximum atomic E-state index is 14.4. The normalized spacial score (nSPS) is 24.6. The van der Waals surface area contributed by atoms with Crippen LogP contribution in [0.2, 0.25) is 0 Å². The lowest BCUT2D eigenvalue weighted by Crippen LogP contribution is -2.44. The molecule has 0 spiro atoms. The van der Waals surface area contributed by atoms with Crippen LogP contribution >= 0.6 is 0 Å². The minimum Gasteiger partial charge on any atom is -0.497 e. The maximum absolute atomic E-state index is 14.4. The molecule has 2 aliphatic rings. The summed E-state index contributed by atoms with van der Waals surface area (Å²) in [6, 6.07) is 10.7. The Morgan fingerprint density at radius 1 is 1.11 bits per heavy atom. The lowest BCUT2D eigenvalue weighted by atomic mass is 9.95. The zero-order valence-corrected chi connectivity index (χ0v) is 20.2. The third-order valence-corrected chi connectivity index (χ3v) is 7.06. The molecule has 0 radical (unpaired) electrons. The van der Waals surface area contributed by atoms with Crippen molar-refractivity contribution in [3.63, 3.8) is 0 Å². The molecule has 1 N–H and O–H groups in total. The molecule has 196 valence electrons. The number of alkyl halides is 3. The molecule has 4 atom stereocenters. The van der Waals surface area contributed by atoms with Gasteiger partial charge in [-0.3, -0.25) is 4.79 Å². The lowest BCUT2D eigenvalue weighted by molar-refractivity contribution is -0.169. The van der Waals surface area contributed by atoms with Gasteiger partial charge in [-0.25, -0.2) is 4.39 Å². The number of aliphatic carboxylic acids is 1. The molecule has 0 amide bonds. The Hall–Kier alpha value is -3.17. The highest BCUT2D eigenvalue weighted by Gasteiger charge is 2.48. The predicted octanol–water partition coefficient (Wildman–Crippen LogP) is 5.36. The van der Waals surface area contributed by atoms with E-state index in [0.717, 1.165) is 0 Å². The number of carbonyl (C=O) groups is 1. The molecule has 2 aromatic rings. The zero-order chi connectivity index (χ0) is 26.0. The Kier molecular flexibility index (Phi) is 7.51. The molecule has 0 aromatic heterocycles. The van der Waals surface area contributed by atoms with Gasteiger partial charge in [0, 0.05) is 49.8 Å². The second-order valence-corrected chi connectivity index (χ2v) is 9.56. The molecule has 0 bridgehead atoms. The number of carboxylic acid groups (broad SMARTS) is 1. The van der Waals surface area contributed by atoms with Crippen molar-refractivity contribution >= 4 is 17.3 Å². The van der Waals surface area contributed by atoms with E-state index in [2.05, 4.69) is 0 Å². The van der Waals surface area contributed by atoms with Gasteiger partial charge in [0.2, 0.25) is 0 Å². The first-order valence-corrected chi connectivity index (χ1v) is 12.0.